The number of carbonyl (C=O) groups is 1. The molecule has 4 rings (SSSR count). The van der Waals surface area contributed by atoms with Crippen molar-refractivity contribution in [1.29, 1.82) is 0 Å². The number of nitrogens with one attached hydrogen (secondary N) is 1. The number of hydrogen-bond donors (Lipinski definition) is 2. The number of hydrogen-bond acceptors (Lipinski definition) is 5. The molecule has 2 atom stereocenters. The summed E-state index contributed by atoms with van der Waals surface area (Å²) in [5.74, 6) is 0. The molecule has 194 valence electrons. The van der Waals surface area contributed by atoms with Gasteiger partial charge in [-0.15, -0.1) is 0 Å². The molecule has 9 heteroatoms. The van der Waals surface area contributed by atoms with Crippen molar-refractivity contribution in [3.63, 3.8) is 0 Å². The average molecular weight is 514 g/mol. The number of nitrogens with zero attached hydrogens (tertiary/aromatic N) is 4. The Hall–Kier alpha value is -2.65. The van der Waals surface area contributed by atoms with Crippen LogP contribution < -0.4 is 5.17 Å². The van der Waals surface area contributed by atoms with E-state index < -0.39 is 11.6 Å². The Labute approximate surface area is 218 Å². The highest BCUT2D eigenvalue weighted by molar-refractivity contribution is 6.30. The Morgan fingerprint density at radius 2 is 2.03 bits per heavy atom. The van der Waals surface area contributed by atoms with Crippen molar-refractivity contribution in [3.05, 3.63) is 70.3 Å². The molecule has 1 amide bonds. The summed E-state index contributed by atoms with van der Waals surface area (Å²) in [6.45, 7) is 8.64. The van der Waals surface area contributed by atoms with Crippen molar-refractivity contribution in [1.82, 2.24) is 19.8 Å². The lowest BCUT2D eigenvalue weighted by Gasteiger charge is -2.40. The second-order valence-electron chi connectivity index (χ2n) is 10.6. The van der Waals surface area contributed by atoms with Crippen LogP contribution >= 0.6 is 11.6 Å². The number of carboxylic acid groups (broad SMARTS) is 1. The van der Waals surface area contributed by atoms with E-state index in [-0.39, 0.29) is 11.2 Å². The third kappa shape index (κ3) is 6.18. The molecule has 0 aliphatic carbocycles. The summed E-state index contributed by atoms with van der Waals surface area (Å²) in [7, 11) is 0. The van der Waals surface area contributed by atoms with Crippen LogP contribution in [-0.4, -0.2) is 68.8 Å². The van der Waals surface area contributed by atoms with Crippen molar-refractivity contribution in [2.24, 2.45) is 0 Å². The first-order valence-corrected chi connectivity index (χ1v) is 13.0. The second-order valence-corrected chi connectivity index (χ2v) is 11.1. The van der Waals surface area contributed by atoms with Crippen molar-refractivity contribution in [2.75, 3.05) is 26.2 Å². The van der Waals surface area contributed by atoms with E-state index in [2.05, 4.69) is 9.88 Å². The molecule has 1 aromatic carbocycles. The third-order valence-electron chi connectivity index (χ3n) is 7.05. The third-order valence-corrected chi connectivity index (χ3v) is 7.30. The van der Waals surface area contributed by atoms with Crippen molar-refractivity contribution >= 4 is 29.0 Å². The summed E-state index contributed by atoms with van der Waals surface area (Å²) in [4.78, 5) is 19.8. The molecule has 8 nitrogen and oxygen atoms in total. The fourth-order valence-corrected chi connectivity index (χ4v) is 5.31. The minimum atomic E-state index is -0.884. The van der Waals surface area contributed by atoms with Crippen molar-refractivity contribution < 1.29 is 15.1 Å². The number of allylic oxidation sites excluding steroid dienone is 1. The maximum Gasteiger partial charge on any atom is 0.407 e. The first-order chi connectivity index (χ1) is 17.1. The zero-order chi connectivity index (χ0) is 25.9. The minimum absolute atomic E-state index is 0.0189. The van der Waals surface area contributed by atoms with E-state index in [4.69, 9.17) is 11.6 Å². The molecule has 0 saturated carbocycles. The number of amides is 1. The van der Waals surface area contributed by atoms with Gasteiger partial charge in [0, 0.05) is 41.5 Å². The summed E-state index contributed by atoms with van der Waals surface area (Å²) in [6, 6.07) is 9.96. The smallest absolute Gasteiger partial charge is 0.407 e. The molecule has 1 fully saturated rings. The summed E-state index contributed by atoms with van der Waals surface area (Å²) >= 11 is 6.07. The van der Waals surface area contributed by atoms with Gasteiger partial charge in [0.25, 0.3) is 0 Å². The molecule has 2 aliphatic rings. The van der Waals surface area contributed by atoms with Crippen LogP contribution in [0.2, 0.25) is 5.02 Å². The first kappa shape index (κ1) is 26.4. The van der Waals surface area contributed by atoms with Gasteiger partial charge >= 0.3 is 6.09 Å². The zero-order valence-corrected chi connectivity index (χ0v) is 22.0. The number of halogens is 1. The quantitative estimate of drug-likeness (QED) is 0.514. The highest BCUT2D eigenvalue weighted by Crippen LogP contribution is 2.29. The Morgan fingerprint density at radius 3 is 2.72 bits per heavy atom. The summed E-state index contributed by atoms with van der Waals surface area (Å²) in [5, 5.41) is 25.5. The molecule has 0 radical (unpaired) electrons. The van der Waals surface area contributed by atoms with Gasteiger partial charge in [-0.25, -0.2) is 15.0 Å². The number of benzene rings is 1. The van der Waals surface area contributed by atoms with Gasteiger partial charge in [-0.3, -0.25) is 9.88 Å². The van der Waals surface area contributed by atoms with E-state index in [1.165, 1.54) is 4.90 Å². The largest absolute Gasteiger partial charge is 0.603 e. The Bertz CT molecular complexity index is 1090. The van der Waals surface area contributed by atoms with Gasteiger partial charge in [0.05, 0.1) is 18.9 Å². The lowest BCUT2D eigenvalue weighted by atomic mass is 9.97. The Kier molecular flexibility index (Phi) is 8.20. The number of quaternary nitrogens is 1. The van der Waals surface area contributed by atoms with Crippen LogP contribution in [0.3, 0.4) is 0 Å². The fraction of sp³-hybridized carbons (Fsp3) is 0.481. The van der Waals surface area contributed by atoms with Gasteiger partial charge in [-0.05, 0) is 82.3 Å². The topological polar surface area (TPSA) is 87.4 Å². The molecule has 0 spiro atoms. The van der Waals surface area contributed by atoms with Crippen LogP contribution in [0.15, 0.2) is 48.9 Å². The predicted octanol–water partition coefficient (Wildman–Crippen LogP) is 4.20. The highest BCUT2D eigenvalue weighted by Gasteiger charge is 2.32. The van der Waals surface area contributed by atoms with Crippen LogP contribution in [0.4, 0.5) is 10.5 Å². The number of fused-ring (bicyclic) bond motifs is 1. The van der Waals surface area contributed by atoms with Gasteiger partial charge in [-0.2, -0.15) is 0 Å². The molecule has 3 heterocycles. The lowest BCUT2D eigenvalue weighted by molar-refractivity contribution is -0.903. The van der Waals surface area contributed by atoms with Crippen molar-refractivity contribution in [2.45, 2.75) is 58.0 Å². The van der Waals surface area contributed by atoms with E-state index in [1.807, 2.05) is 62.3 Å². The monoisotopic (exact) mass is 513 g/mol. The van der Waals surface area contributed by atoms with Gasteiger partial charge in [0.2, 0.25) is 0 Å². The van der Waals surface area contributed by atoms with Gasteiger partial charge in [0.15, 0.2) is 5.69 Å². The van der Waals surface area contributed by atoms with E-state index in [9.17, 15) is 15.1 Å². The zero-order valence-electron chi connectivity index (χ0n) is 21.3. The molecule has 2 N–H and O–H groups in total. The maximum atomic E-state index is 13.4. The van der Waals surface area contributed by atoms with Crippen LogP contribution in [0.25, 0.3) is 5.57 Å². The SMILES string of the molecule is CC(C)(C)N(CCCN1CCC[C@@H]1CN1C=C(Cc2ccc(Cl)cc2)c2ccncc2[NH+]1[O-])C(=O)O. The summed E-state index contributed by atoms with van der Waals surface area (Å²) < 4.78 is 0. The van der Waals surface area contributed by atoms with Crippen LogP contribution in [0.5, 0.6) is 0 Å². The normalized spacial score (nSPS) is 20.2. The molecule has 1 saturated heterocycles. The van der Waals surface area contributed by atoms with Crippen LogP contribution in [0.1, 0.15) is 51.2 Å². The van der Waals surface area contributed by atoms with Crippen LogP contribution in [-0.2, 0) is 6.42 Å². The Morgan fingerprint density at radius 1 is 1.28 bits per heavy atom. The lowest BCUT2D eigenvalue weighted by Crippen LogP contribution is -3.09. The van der Waals surface area contributed by atoms with E-state index >= 15 is 0 Å². The van der Waals surface area contributed by atoms with E-state index in [0.717, 1.165) is 49.1 Å². The standard InChI is InChI=1S/C27H36ClN5O3/c1-27(2,3)32(26(34)35)15-5-14-30-13-4-6-23(30)19-31-18-21(16-20-7-9-22(28)10-8-20)24-11-12-29-17-25(24)33(31)36/h7-12,17-18,23,33H,4-6,13-16,19H2,1-3H3,(H,34,35)/t23-/m1/s1. The van der Waals surface area contributed by atoms with E-state index in [0.29, 0.717) is 30.2 Å². The highest BCUT2D eigenvalue weighted by atomic mass is 35.5. The summed E-state index contributed by atoms with van der Waals surface area (Å²) in [6.07, 6.45) is 8.07. The number of likely N-dealkylation sites (tertiary alicyclic amines) is 1. The molecular formula is C27H36ClN5O3. The van der Waals surface area contributed by atoms with Gasteiger partial charge < -0.3 is 15.2 Å². The molecule has 36 heavy (non-hydrogen) atoms. The number of aromatic nitrogens is 1. The molecule has 1 unspecified atom stereocenters. The van der Waals surface area contributed by atoms with Crippen LogP contribution in [0, 0.1) is 5.21 Å². The van der Waals surface area contributed by atoms with E-state index in [1.54, 1.807) is 12.4 Å². The summed E-state index contributed by atoms with van der Waals surface area (Å²) in [5.41, 5.74) is 3.35. The van der Waals surface area contributed by atoms with Gasteiger partial charge in [-0.1, -0.05) is 23.7 Å². The molecule has 1 aromatic heterocycles. The van der Waals surface area contributed by atoms with Gasteiger partial charge in [0.1, 0.15) is 0 Å². The fourth-order valence-electron chi connectivity index (χ4n) is 5.19. The van der Waals surface area contributed by atoms with Crippen molar-refractivity contribution in [3.8, 4) is 0 Å². The molecule has 0 bridgehead atoms. The molecule has 2 aliphatic heterocycles. The molecular weight excluding hydrogens is 478 g/mol. The maximum absolute atomic E-state index is 13.4. The number of pyridine rings is 1. The average Bonchev–Trinajstić information content (AvgIpc) is 3.27. The minimum Gasteiger partial charge on any atom is -0.603 e. The predicted molar refractivity (Wildman–Crippen MR) is 142 cm³/mol. The molecule has 2 aromatic rings. The first-order valence-electron chi connectivity index (χ1n) is 12.6. The Balaban J connectivity index is 1.46. The second kappa shape index (κ2) is 11.2. The number of rotatable bonds is 8.